The molecule has 0 fully saturated rings. The fourth-order valence-corrected chi connectivity index (χ4v) is 0.394. The SMILES string of the molecule is CCC(N)NCCO. The molecule has 0 saturated heterocycles. The Hall–Kier alpha value is -0.120. The van der Waals surface area contributed by atoms with Gasteiger partial charge in [-0.1, -0.05) is 6.92 Å². The van der Waals surface area contributed by atoms with Crippen LogP contribution < -0.4 is 11.1 Å². The standard InChI is InChI=1S/C5H14N2O/c1-2-5(6)7-3-4-8/h5,7-8H,2-4,6H2,1H3. The second-order valence-electron chi connectivity index (χ2n) is 1.69. The van der Waals surface area contributed by atoms with Crippen LogP contribution in [0.2, 0.25) is 0 Å². The van der Waals surface area contributed by atoms with Crippen molar-refractivity contribution in [3.63, 3.8) is 0 Å². The largest absolute Gasteiger partial charge is 0.395 e. The zero-order chi connectivity index (χ0) is 6.41. The Morgan fingerprint density at radius 2 is 2.38 bits per heavy atom. The van der Waals surface area contributed by atoms with Crippen molar-refractivity contribution in [2.75, 3.05) is 13.2 Å². The van der Waals surface area contributed by atoms with Gasteiger partial charge in [0.25, 0.3) is 0 Å². The number of nitrogens with two attached hydrogens (primary N) is 1. The Morgan fingerprint density at radius 1 is 1.75 bits per heavy atom. The van der Waals surface area contributed by atoms with Crippen LogP contribution >= 0.6 is 0 Å². The molecule has 0 aliphatic carbocycles. The minimum Gasteiger partial charge on any atom is -0.395 e. The van der Waals surface area contributed by atoms with Crippen LogP contribution in [0.5, 0.6) is 0 Å². The minimum absolute atomic E-state index is 0.0437. The summed E-state index contributed by atoms with van der Waals surface area (Å²) in [5.41, 5.74) is 5.44. The highest BCUT2D eigenvalue weighted by molar-refractivity contribution is 4.53. The molecule has 0 aromatic carbocycles. The lowest BCUT2D eigenvalue weighted by atomic mass is 10.4. The zero-order valence-electron chi connectivity index (χ0n) is 5.22. The van der Waals surface area contributed by atoms with E-state index in [4.69, 9.17) is 10.8 Å². The Bertz CT molecular complexity index is 49.7. The van der Waals surface area contributed by atoms with Crippen molar-refractivity contribution in [1.29, 1.82) is 0 Å². The maximum Gasteiger partial charge on any atom is 0.0556 e. The molecule has 0 aromatic rings. The normalized spacial score (nSPS) is 13.9. The van der Waals surface area contributed by atoms with Gasteiger partial charge in [-0.3, -0.25) is 5.32 Å². The molecule has 0 saturated carbocycles. The molecule has 3 nitrogen and oxygen atoms in total. The van der Waals surface area contributed by atoms with Crippen LogP contribution in [0.4, 0.5) is 0 Å². The Labute approximate surface area is 49.9 Å². The van der Waals surface area contributed by atoms with Gasteiger partial charge < -0.3 is 10.8 Å². The lowest BCUT2D eigenvalue weighted by Crippen LogP contribution is -2.38. The van der Waals surface area contributed by atoms with Gasteiger partial charge in [0.15, 0.2) is 0 Å². The Morgan fingerprint density at radius 3 is 2.75 bits per heavy atom. The van der Waals surface area contributed by atoms with E-state index in [1.54, 1.807) is 0 Å². The van der Waals surface area contributed by atoms with Crippen molar-refractivity contribution < 1.29 is 5.11 Å². The average Bonchev–Trinajstić information content (AvgIpc) is 1.83. The van der Waals surface area contributed by atoms with Gasteiger partial charge in [-0.25, -0.2) is 0 Å². The third-order valence-electron chi connectivity index (χ3n) is 0.958. The molecule has 4 N–H and O–H groups in total. The maximum absolute atomic E-state index is 8.29. The van der Waals surface area contributed by atoms with Crippen molar-refractivity contribution in [2.24, 2.45) is 5.73 Å². The number of aliphatic hydroxyl groups excluding tert-OH is 1. The summed E-state index contributed by atoms with van der Waals surface area (Å²) in [6.07, 6.45) is 0.946. The summed E-state index contributed by atoms with van der Waals surface area (Å²) in [7, 11) is 0. The van der Waals surface area contributed by atoms with Crippen LogP contribution in [0.3, 0.4) is 0 Å². The summed E-state index contributed by atoms with van der Waals surface area (Å²) in [5, 5.41) is 11.2. The number of hydrogen-bond donors (Lipinski definition) is 3. The van der Waals surface area contributed by atoms with Crippen LogP contribution in [0, 0.1) is 0 Å². The molecule has 0 bridgehead atoms. The highest BCUT2D eigenvalue weighted by Gasteiger charge is 1.92. The Kier molecular flexibility index (Phi) is 4.95. The smallest absolute Gasteiger partial charge is 0.0556 e. The molecule has 0 aromatic heterocycles. The molecule has 8 heavy (non-hydrogen) atoms. The predicted octanol–water partition coefficient (Wildman–Crippen LogP) is -0.737. The first-order valence-corrected chi connectivity index (χ1v) is 2.91. The summed E-state index contributed by atoms with van der Waals surface area (Å²) < 4.78 is 0. The molecule has 0 amide bonds. The number of aliphatic hydroxyl groups is 1. The van der Waals surface area contributed by atoms with Crippen molar-refractivity contribution >= 4 is 0 Å². The van der Waals surface area contributed by atoms with Crippen molar-refractivity contribution in [2.45, 2.75) is 19.5 Å². The fraction of sp³-hybridized carbons (Fsp3) is 1.00. The third kappa shape index (κ3) is 4.05. The van der Waals surface area contributed by atoms with Gasteiger partial charge in [-0.05, 0) is 6.42 Å². The Balaban J connectivity index is 2.86. The lowest BCUT2D eigenvalue weighted by Gasteiger charge is -2.08. The maximum atomic E-state index is 8.29. The van der Waals surface area contributed by atoms with E-state index in [9.17, 15) is 0 Å². The molecular weight excluding hydrogens is 104 g/mol. The summed E-state index contributed by atoms with van der Waals surface area (Å²) in [4.78, 5) is 0. The van der Waals surface area contributed by atoms with Gasteiger partial charge in [0.1, 0.15) is 0 Å². The predicted molar refractivity (Wildman–Crippen MR) is 33.4 cm³/mol. The van der Waals surface area contributed by atoms with Gasteiger partial charge in [-0.15, -0.1) is 0 Å². The first kappa shape index (κ1) is 7.88. The van der Waals surface area contributed by atoms with Crippen molar-refractivity contribution in [3.05, 3.63) is 0 Å². The van der Waals surface area contributed by atoms with E-state index in [2.05, 4.69) is 5.32 Å². The topological polar surface area (TPSA) is 58.3 Å². The highest BCUT2D eigenvalue weighted by atomic mass is 16.3. The third-order valence-corrected chi connectivity index (χ3v) is 0.958. The molecular formula is C5H14N2O. The van der Waals surface area contributed by atoms with Crippen molar-refractivity contribution in [1.82, 2.24) is 5.32 Å². The second-order valence-corrected chi connectivity index (χ2v) is 1.69. The van der Waals surface area contributed by atoms with E-state index < -0.39 is 0 Å². The number of rotatable bonds is 4. The second kappa shape index (κ2) is 5.03. The molecule has 0 aliphatic heterocycles. The fourth-order valence-electron chi connectivity index (χ4n) is 0.394. The molecule has 1 unspecified atom stereocenters. The lowest BCUT2D eigenvalue weighted by molar-refractivity contribution is 0.283. The van der Waals surface area contributed by atoms with Crippen LogP contribution in [-0.2, 0) is 0 Å². The van der Waals surface area contributed by atoms with E-state index in [0.29, 0.717) is 6.54 Å². The van der Waals surface area contributed by atoms with Gasteiger partial charge in [-0.2, -0.15) is 0 Å². The zero-order valence-corrected chi connectivity index (χ0v) is 5.22. The first-order chi connectivity index (χ1) is 3.81. The summed E-state index contributed by atoms with van der Waals surface area (Å²) >= 11 is 0. The van der Waals surface area contributed by atoms with E-state index in [-0.39, 0.29) is 12.8 Å². The molecule has 0 heterocycles. The molecule has 0 radical (unpaired) electrons. The van der Waals surface area contributed by atoms with Gasteiger partial charge in [0.2, 0.25) is 0 Å². The van der Waals surface area contributed by atoms with E-state index >= 15 is 0 Å². The minimum atomic E-state index is 0.0437. The van der Waals surface area contributed by atoms with Gasteiger partial charge >= 0.3 is 0 Å². The van der Waals surface area contributed by atoms with Crippen LogP contribution in [0.15, 0.2) is 0 Å². The molecule has 0 spiro atoms. The van der Waals surface area contributed by atoms with Gasteiger partial charge in [0.05, 0.1) is 12.8 Å². The summed E-state index contributed by atoms with van der Waals surface area (Å²) in [6.45, 7) is 2.75. The van der Waals surface area contributed by atoms with E-state index in [1.165, 1.54) is 0 Å². The first-order valence-electron chi connectivity index (χ1n) is 2.91. The van der Waals surface area contributed by atoms with Crippen LogP contribution in [0.1, 0.15) is 13.3 Å². The summed E-state index contributed by atoms with van der Waals surface area (Å²) in [5.74, 6) is 0. The number of hydrogen-bond acceptors (Lipinski definition) is 3. The van der Waals surface area contributed by atoms with E-state index in [1.807, 2.05) is 6.92 Å². The average molecular weight is 118 g/mol. The summed E-state index contributed by atoms with van der Waals surface area (Å²) in [6, 6.07) is 0. The molecule has 1 atom stereocenters. The van der Waals surface area contributed by atoms with Crippen LogP contribution in [0.25, 0.3) is 0 Å². The van der Waals surface area contributed by atoms with Gasteiger partial charge in [0, 0.05) is 6.54 Å². The quantitative estimate of drug-likeness (QED) is 0.426. The molecule has 3 heteroatoms. The van der Waals surface area contributed by atoms with Crippen molar-refractivity contribution in [3.8, 4) is 0 Å². The molecule has 50 valence electrons. The molecule has 0 rings (SSSR count). The van der Waals surface area contributed by atoms with E-state index in [0.717, 1.165) is 6.42 Å². The highest BCUT2D eigenvalue weighted by Crippen LogP contribution is 1.76. The monoisotopic (exact) mass is 118 g/mol. The van der Waals surface area contributed by atoms with Crippen LogP contribution in [-0.4, -0.2) is 24.4 Å². The molecule has 0 aliphatic rings. The number of nitrogens with one attached hydrogen (secondary N) is 1.